The Balaban J connectivity index is 1.64. The van der Waals surface area contributed by atoms with Crippen molar-refractivity contribution < 1.29 is 17.6 Å². The van der Waals surface area contributed by atoms with Crippen molar-refractivity contribution in [2.45, 2.75) is 4.90 Å². The maximum atomic E-state index is 13.6. The third-order valence-electron chi connectivity index (χ3n) is 4.39. The molecule has 1 amide bonds. The third kappa shape index (κ3) is 4.55. The normalized spacial score (nSPS) is 15.9. The summed E-state index contributed by atoms with van der Waals surface area (Å²) in [5.74, 6) is -0.709. The molecule has 5 nitrogen and oxygen atoms in total. The first-order chi connectivity index (χ1) is 13.3. The molecule has 9 heteroatoms. The topological polar surface area (TPSA) is 57.7 Å². The zero-order valence-electron chi connectivity index (χ0n) is 14.7. The molecule has 2 aromatic carbocycles. The largest absolute Gasteiger partial charge is 0.337 e. The van der Waals surface area contributed by atoms with Crippen molar-refractivity contribution in [1.82, 2.24) is 9.21 Å². The fourth-order valence-corrected chi connectivity index (χ4v) is 4.62. The minimum absolute atomic E-state index is 0.0566. The first-order valence-electron chi connectivity index (χ1n) is 8.46. The third-order valence-corrected chi connectivity index (χ3v) is 7.02. The molecule has 1 heterocycles. The molecule has 0 radical (unpaired) electrons. The van der Waals surface area contributed by atoms with Crippen LogP contribution in [0.1, 0.15) is 5.56 Å². The number of rotatable bonds is 4. The van der Waals surface area contributed by atoms with Crippen molar-refractivity contribution in [2.75, 3.05) is 26.2 Å². The van der Waals surface area contributed by atoms with E-state index < -0.39 is 15.8 Å². The lowest BCUT2D eigenvalue weighted by molar-refractivity contribution is -0.127. The smallest absolute Gasteiger partial charge is 0.246 e. The van der Waals surface area contributed by atoms with Crippen LogP contribution in [0.2, 0.25) is 10.0 Å². The summed E-state index contributed by atoms with van der Waals surface area (Å²) in [7, 11) is -3.73. The summed E-state index contributed by atoms with van der Waals surface area (Å²) in [5, 5.41) is 0.438. The summed E-state index contributed by atoms with van der Waals surface area (Å²) in [4.78, 5) is 13.9. The summed E-state index contributed by atoms with van der Waals surface area (Å²) >= 11 is 11.8. The van der Waals surface area contributed by atoms with Crippen LogP contribution in [0.5, 0.6) is 0 Å². The highest BCUT2D eigenvalue weighted by Gasteiger charge is 2.30. The molecule has 0 unspecified atom stereocenters. The number of hydrogen-bond donors (Lipinski definition) is 0. The van der Waals surface area contributed by atoms with E-state index in [0.717, 1.165) is 0 Å². The molecule has 0 bridgehead atoms. The Morgan fingerprint density at radius 1 is 1.00 bits per heavy atom. The lowest BCUT2D eigenvalue weighted by Crippen LogP contribution is -2.50. The summed E-state index contributed by atoms with van der Waals surface area (Å²) in [5.41, 5.74) is 0.316. The SMILES string of the molecule is O=C(/C=C/c1ccccc1F)N1CCN(S(=O)(=O)c2ccc(Cl)c(Cl)c2)CC1. The average molecular weight is 443 g/mol. The average Bonchev–Trinajstić information content (AvgIpc) is 2.69. The van der Waals surface area contributed by atoms with Crippen molar-refractivity contribution in [3.8, 4) is 0 Å². The molecule has 0 saturated carbocycles. The maximum Gasteiger partial charge on any atom is 0.246 e. The van der Waals surface area contributed by atoms with E-state index in [-0.39, 0.29) is 47.0 Å². The summed E-state index contributed by atoms with van der Waals surface area (Å²) in [6.45, 7) is 0.783. The molecule has 0 atom stereocenters. The van der Waals surface area contributed by atoms with Gasteiger partial charge in [-0.2, -0.15) is 4.31 Å². The van der Waals surface area contributed by atoms with E-state index in [4.69, 9.17) is 23.2 Å². The molecule has 1 aliphatic heterocycles. The fourth-order valence-electron chi connectivity index (χ4n) is 2.81. The summed E-state index contributed by atoms with van der Waals surface area (Å²) in [6.07, 6.45) is 2.71. The molecule has 1 saturated heterocycles. The van der Waals surface area contributed by atoms with E-state index in [1.807, 2.05) is 0 Å². The van der Waals surface area contributed by atoms with E-state index >= 15 is 0 Å². The van der Waals surface area contributed by atoms with Gasteiger partial charge < -0.3 is 4.90 Å². The second-order valence-corrected chi connectivity index (χ2v) is 8.91. The van der Waals surface area contributed by atoms with Gasteiger partial charge in [0.1, 0.15) is 5.82 Å². The zero-order valence-corrected chi connectivity index (χ0v) is 17.0. The van der Waals surface area contributed by atoms with Gasteiger partial charge in [0, 0.05) is 37.8 Å². The number of carbonyl (C=O) groups is 1. The Hall–Kier alpha value is -1.93. The summed E-state index contributed by atoms with van der Waals surface area (Å²) in [6, 6.07) is 10.3. The first-order valence-corrected chi connectivity index (χ1v) is 10.7. The molecule has 148 valence electrons. The van der Waals surface area contributed by atoms with Crippen LogP contribution in [-0.2, 0) is 14.8 Å². The van der Waals surface area contributed by atoms with Gasteiger partial charge in [0.15, 0.2) is 0 Å². The zero-order chi connectivity index (χ0) is 20.3. The molecule has 0 N–H and O–H groups in total. The summed E-state index contributed by atoms with van der Waals surface area (Å²) < 4.78 is 40.4. The quantitative estimate of drug-likeness (QED) is 0.678. The van der Waals surface area contributed by atoms with Gasteiger partial charge in [0.05, 0.1) is 14.9 Å². The van der Waals surface area contributed by atoms with Crippen LogP contribution in [0.4, 0.5) is 4.39 Å². The minimum atomic E-state index is -3.73. The van der Waals surface area contributed by atoms with Crippen LogP contribution in [0.15, 0.2) is 53.4 Å². The Bertz CT molecular complexity index is 1020. The van der Waals surface area contributed by atoms with Gasteiger partial charge in [-0.25, -0.2) is 12.8 Å². The number of benzene rings is 2. The van der Waals surface area contributed by atoms with E-state index in [1.165, 1.54) is 45.6 Å². The van der Waals surface area contributed by atoms with Crippen molar-refractivity contribution >= 4 is 45.2 Å². The van der Waals surface area contributed by atoms with Crippen LogP contribution in [0.3, 0.4) is 0 Å². The van der Waals surface area contributed by atoms with E-state index in [1.54, 1.807) is 18.2 Å². The number of amides is 1. The number of sulfonamides is 1. The second-order valence-electron chi connectivity index (χ2n) is 6.16. The molecule has 0 aromatic heterocycles. The Morgan fingerprint density at radius 3 is 2.32 bits per heavy atom. The molecule has 1 fully saturated rings. The minimum Gasteiger partial charge on any atom is -0.337 e. The number of halogens is 3. The number of nitrogens with zero attached hydrogens (tertiary/aromatic N) is 2. The molecule has 3 rings (SSSR count). The highest BCUT2D eigenvalue weighted by molar-refractivity contribution is 7.89. The molecular formula is C19H17Cl2FN2O3S. The van der Waals surface area contributed by atoms with Crippen LogP contribution in [-0.4, -0.2) is 49.7 Å². The molecule has 0 spiro atoms. The van der Waals surface area contributed by atoms with Crippen LogP contribution >= 0.6 is 23.2 Å². The molecule has 28 heavy (non-hydrogen) atoms. The number of hydrogen-bond acceptors (Lipinski definition) is 3. The van der Waals surface area contributed by atoms with Gasteiger partial charge in [-0.05, 0) is 30.3 Å². The molecule has 0 aliphatic carbocycles. The Labute approximate surface area is 173 Å². The lowest BCUT2D eigenvalue weighted by Gasteiger charge is -2.33. The van der Waals surface area contributed by atoms with E-state index in [2.05, 4.69) is 0 Å². The van der Waals surface area contributed by atoms with Crippen molar-refractivity contribution in [3.63, 3.8) is 0 Å². The van der Waals surface area contributed by atoms with Crippen molar-refractivity contribution in [3.05, 3.63) is 70.0 Å². The number of carbonyl (C=O) groups excluding carboxylic acids is 1. The predicted octanol–water partition coefficient (Wildman–Crippen LogP) is 3.68. The predicted molar refractivity (Wildman–Crippen MR) is 107 cm³/mol. The van der Waals surface area contributed by atoms with Gasteiger partial charge >= 0.3 is 0 Å². The lowest BCUT2D eigenvalue weighted by atomic mass is 10.2. The van der Waals surface area contributed by atoms with Gasteiger partial charge in [0.2, 0.25) is 15.9 Å². The van der Waals surface area contributed by atoms with Crippen molar-refractivity contribution in [1.29, 1.82) is 0 Å². The highest BCUT2D eigenvalue weighted by atomic mass is 35.5. The molecule has 1 aliphatic rings. The van der Waals surface area contributed by atoms with Gasteiger partial charge in [-0.1, -0.05) is 41.4 Å². The highest BCUT2D eigenvalue weighted by Crippen LogP contribution is 2.27. The van der Waals surface area contributed by atoms with Gasteiger partial charge in [0.25, 0.3) is 0 Å². The second kappa shape index (κ2) is 8.61. The first kappa shape index (κ1) is 20.8. The number of piperazine rings is 1. The van der Waals surface area contributed by atoms with Crippen LogP contribution in [0.25, 0.3) is 6.08 Å². The maximum absolute atomic E-state index is 13.6. The molecule has 2 aromatic rings. The standard InChI is InChI=1S/C19H17Cl2FN2O3S/c20-16-7-6-15(13-17(16)21)28(26,27)24-11-9-23(10-12-24)19(25)8-5-14-3-1-2-4-18(14)22/h1-8,13H,9-12H2/b8-5+. The van der Waals surface area contributed by atoms with E-state index in [0.29, 0.717) is 5.56 Å². The van der Waals surface area contributed by atoms with Gasteiger partial charge in [-0.3, -0.25) is 4.79 Å². The van der Waals surface area contributed by atoms with Crippen LogP contribution in [0, 0.1) is 5.82 Å². The van der Waals surface area contributed by atoms with Gasteiger partial charge in [-0.15, -0.1) is 0 Å². The Kier molecular flexibility index (Phi) is 6.40. The Morgan fingerprint density at radius 2 is 1.68 bits per heavy atom. The van der Waals surface area contributed by atoms with Crippen molar-refractivity contribution in [2.24, 2.45) is 0 Å². The molecular weight excluding hydrogens is 426 g/mol. The fraction of sp³-hybridized carbons (Fsp3) is 0.211. The van der Waals surface area contributed by atoms with E-state index in [9.17, 15) is 17.6 Å². The van der Waals surface area contributed by atoms with Crippen LogP contribution < -0.4 is 0 Å². The monoisotopic (exact) mass is 442 g/mol.